The maximum atomic E-state index is 4.46. The van der Waals surface area contributed by atoms with Gasteiger partial charge in [-0.1, -0.05) is 6.07 Å². The minimum atomic E-state index is 1.03. The number of aryl methyl sites for hydroxylation is 2. The van der Waals surface area contributed by atoms with Crippen molar-refractivity contribution in [2.75, 3.05) is 13.6 Å². The molecule has 1 aromatic carbocycles. The summed E-state index contributed by atoms with van der Waals surface area (Å²) in [7, 11) is 2.20. The Morgan fingerprint density at radius 1 is 1.18 bits per heavy atom. The third-order valence-electron chi connectivity index (χ3n) is 4.64. The standard InChI is InChI=1S/C19H21N3/c1-12-8-15(14-5-4-13(2)20-10-14)19-16(9-12)17-11-22(3)7-6-18(17)21-19/h4-5,8-10,21H,6-7,11H2,1-3H3. The van der Waals surface area contributed by atoms with Gasteiger partial charge in [0.05, 0.1) is 5.52 Å². The smallest absolute Gasteiger partial charge is 0.0539 e. The van der Waals surface area contributed by atoms with Gasteiger partial charge >= 0.3 is 0 Å². The molecule has 22 heavy (non-hydrogen) atoms. The Kier molecular flexibility index (Phi) is 3.05. The molecule has 3 aromatic rings. The summed E-state index contributed by atoms with van der Waals surface area (Å²) >= 11 is 0. The summed E-state index contributed by atoms with van der Waals surface area (Å²) in [4.78, 5) is 10.5. The highest BCUT2D eigenvalue weighted by Crippen LogP contribution is 2.34. The number of H-pyrrole nitrogens is 1. The van der Waals surface area contributed by atoms with Crippen molar-refractivity contribution in [3.05, 3.63) is 53.0 Å². The molecule has 1 aliphatic heterocycles. The fourth-order valence-corrected chi connectivity index (χ4v) is 3.45. The van der Waals surface area contributed by atoms with Gasteiger partial charge in [0.1, 0.15) is 0 Å². The van der Waals surface area contributed by atoms with Crippen molar-refractivity contribution in [2.45, 2.75) is 26.8 Å². The predicted octanol–water partition coefficient (Wildman–Crippen LogP) is 3.83. The molecule has 0 atom stereocenters. The van der Waals surface area contributed by atoms with E-state index in [1.165, 1.54) is 38.9 Å². The second-order valence-electron chi connectivity index (χ2n) is 6.49. The van der Waals surface area contributed by atoms with Crippen LogP contribution in [-0.2, 0) is 13.0 Å². The summed E-state index contributed by atoms with van der Waals surface area (Å²) in [6, 6.07) is 8.83. The molecule has 0 saturated carbocycles. The van der Waals surface area contributed by atoms with E-state index in [1.54, 1.807) is 0 Å². The molecule has 112 valence electrons. The molecule has 0 unspecified atom stereocenters. The maximum absolute atomic E-state index is 4.46. The summed E-state index contributed by atoms with van der Waals surface area (Å²) in [6.07, 6.45) is 3.08. The van der Waals surface area contributed by atoms with E-state index in [2.05, 4.69) is 53.1 Å². The first-order valence-electron chi connectivity index (χ1n) is 7.87. The number of rotatable bonds is 1. The van der Waals surface area contributed by atoms with Crippen LogP contribution in [0.1, 0.15) is 22.5 Å². The van der Waals surface area contributed by atoms with Crippen molar-refractivity contribution >= 4 is 10.9 Å². The fourth-order valence-electron chi connectivity index (χ4n) is 3.45. The lowest BCUT2D eigenvalue weighted by Gasteiger charge is -2.22. The number of pyridine rings is 1. The van der Waals surface area contributed by atoms with Gasteiger partial charge in [0.25, 0.3) is 0 Å². The number of aromatic amines is 1. The number of benzene rings is 1. The van der Waals surface area contributed by atoms with Crippen molar-refractivity contribution in [3.63, 3.8) is 0 Å². The van der Waals surface area contributed by atoms with Gasteiger partial charge in [-0.15, -0.1) is 0 Å². The van der Waals surface area contributed by atoms with Gasteiger partial charge in [0, 0.05) is 53.6 Å². The Morgan fingerprint density at radius 2 is 2.05 bits per heavy atom. The zero-order valence-electron chi connectivity index (χ0n) is 13.4. The molecule has 3 heterocycles. The molecule has 0 spiro atoms. The molecule has 0 bridgehead atoms. The van der Waals surface area contributed by atoms with E-state index >= 15 is 0 Å². The van der Waals surface area contributed by atoms with E-state index in [1.807, 2.05) is 13.1 Å². The Bertz CT molecular complexity index is 843. The molecule has 4 rings (SSSR count). The number of nitrogens with zero attached hydrogens (tertiary/aromatic N) is 2. The monoisotopic (exact) mass is 291 g/mol. The van der Waals surface area contributed by atoms with E-state index in [4.69, 9.17) is 0 Å². The van der Waals surface area contributed by atoms with Crippen LogP contribution in [0, 0.1) is 13.8 Å². The van der Waals surface area contributed by atoms with Crippen LogP contribution in [0.2, 0.25) is 0 Å². The number of nitrogens with one attached hydrogen (secondary N) is 1. The lowest BCUT2D eigenvalue weighted by Crippen LogP contribution is -2.25. The highest BCUT2D eigenvalue weighted by atomic mass is 15.1. The number of likely N-dealkylation sites (N-methyl/N-ethyl adjacent to an activating group) is 1. The van der Waals surface area contributed by atoms with E-state index < -0.39 is 0 Å². The first kappa shape index (κ1) is 13.5. The van der Waals surface area contributed by atoms with E-state index in [0.29, 0.717) is 0 Å². The van der Waals surface area contributed by atoms with E-state index in [0.717, 1.165) is 25.2 Å². The van der Waals surface area contributed by atoms with Gasteiger partial charge in [0.15, 0.2) is 0 Å². The largest absolute Gasteiger partial charge is 0.358 e. The molecule has 3 heteroatoms. The normalized spacial score (nSPS) is 15.2. The van der Waals surface area contributed by atoms with E-state index in [9.17, 15) is 0 Å². The van der Waals surface area contributed by atoms with Crippen LogP contribution in [0.25, 0.3) is 22.0 Å². The van der Waals surface area contributed by atoms with Crippen molar-refractivity contribution in [2.24, 2.45) is 0 Å². The Labute approximate surface area is 131 Å². The van der Waals surface area contributed by atoms with Crippen molar-refractivity contribution in [1.82, 2.24) is 14.9 Å². The Balaban J connectivity index is 1.97. The predicted molar refractivity (Wildman–Crippen MR) is 91.0 cm³/mol. The summed E-state index contributed by atoms with van der Waals surface area (Å²) in [5.41, 5.74) is 8.94. The molecule has 0 radical (unpaired) electrons. The molecule has 1 aliphatic rings. The minimum Gasteiger partial charge on any atom is -0.358 e. The summed E-state index contributed by atoms with van der Waals surface area (Å²) in [5.74, 6) is 0. The molecule has 0 aliphatic carbocycles. The quantitative estimate of drug-likeness (QED) is 0.739. The lowest BCUT2D eigenvalue weighted by molar-refractivity contribution is 0.313. The number of hydrogen-bond donors (Lipinski definition) is 1. The van der Waals surface area contributed by atoms with Crippen LogP contribution in [0.3, 0.4) is 0 Å². The molecule has 0 saturated heterocycles. The average molecular weight is 291 g/mol. The van der Waals surface area contributed by atoms with Gasteiger partial charge in [-0.25, -0.2) is 0 Å². The maximum Gasteiger partial charge on any atom is 0.0539 e. The van der Waals surface area contributed by atoms with Crippen molar-refractivity contribution in [1.29, 1.82) is 0 Å². The minimum absolute atomic E-state index is 1.03. The summed E-state index contributed by atoms with van der Waals surface area (Å²) < 4.78 is 0. The van der Waals surface area contributed by atoms with Crippen LogP contribution in [0.5, 0.6) is 0 Å². The van der Waals surface area contributed by atoms with Crippen LogP contribution in [0.4, 0.5) is 0 Å². The zero-order valence-corrected chi connectivity index (χ0v) is 13.4. The van der Waals surface area contributed by atoms with Gasteiger partial charge in [-0.3, -0.25) is 4.98 Å². The topological polar surface area (TPSA) is 31.9 Å². The van der Waals surface area contributed by atoms with Crippen molar-refractivity contribution in [3.8, 4) is 11.1 Å². The highest BCUT2D eigenvalue weighted by molar-refractivity contribution is 5.97. The molecule has 2 aromatic heterocycles. The molecule has 1 N–H and O–H groups in total. The molecule has 3 nitrogen and oxygen atoms in total. The third-order valence-corrected chi connectivity index (χ3v) is 4.64. The molecule has 0 fully saturated rings. The van der Waals surface area contributed by atoms with E-state index in [-0.39, 0.29) is 0 Å². The number of aromatic nitrogens is 2. The number of fused-ring (bicyclic) bond motifs is 3. The lowest BCUT2D eigenvalue weighted by atomic mass is 9.98. The van der Waals surface area contributed by atoms with Gasteiger partial charge < -0.3 is 9.88 Å². The summed E-state index contributed by atoms with van der Waals surface area (Å²) in [6.45, 7) is 6.36. The van der Waals surface area contributed by atoms with Gasteiger partial charge in [0.2, 0.25) is 0 Å². The SMILES string of the molecule is Cc1cc(-c2ccc(C)nc2)c2[nH]c3c(c2c1)CN(C)CC3. The third kappa shape index (κ3) is 2.13. The molecular formula is C19H21N3. The first-order valence-corrected chi connectivity index (χ1v) is 7.87. The van der Waals surface area contributed by atoms with Crippen molar-refractivity contribution < 1.29 is 0 Å². The fraction of sp³-hybridized carbons (Fsp3) is 0.316. The zero-order chi connectivity index (χ0) is 15.3. The molecule has 0 amide bonds. The van der Waals surface area contributed by atoms with Crippen LogP contribution >= 0.6 is 0 Å². The molecular weight excluding hydrogens is 270 g/mol. The second kappa shape index (κ2) is 4.96. The Hall–Kier alpha value is -2.13. The summed E-state index contributed by atoms with van der Waals surface area (Å²) in [5, 5.41) is 1.37. The number of hydrogen-bond acceptors (Lipinski definition) is 2. The second-order valence-corrected chi connectivity index (χ2v) is 6.49. The van der Waals surface area contributed by atoms with Crippen LogP contribution in [0.15, 0.2) is 30.5 Å². The van der Waals surface area contributed by atoms with Gasteiger partial charge in [-0.05, 0) is 50.2 Å². The highest BCUT2D eigenvalue weighted by Gasteiger charge is 2.20. The average Bonchev–Trinajstić information content (AvgIpc) is 2.85. The Morgan fingerprint density at radius 3 is 2.82 bits per heavy atom. The first-order chi connectivity index (χ1) is 10.6. The van der Waals surface area contributed by atoms with Gasteiger partial charge in [-0.2, -0.15) is 0 Å². The van der Waals surface area contributed by atoms with Crippen LogP contribution in [-0.4, -0.2) is 28.5 Å². The van der Waals surface area contributed by atoms with Crippen LogP contribution < -0.4 is 0 Å².